The fraction of sp³-hybridized carbons (Fsp3) is 0.286. The Hall–Kier alpha value is -3.00. The van der Waals surface area contributed by atoms with Gasteiger partial charge in [0, 0.05) is 12.8 Å². The molecule has 0 aliphatic carbocycles. The van der Waals surface area contributed by atoms with E-state index in [0.29, 0.717) is 0 Å². The predicted octanol–water partition coefficient (Wildman–Crippen LogP) is 1.71. The number of nitrogens with zero attached hydrogens (tertiary/aromatic N) is 1. The number of amides is 3. The van der Waals surface area contributed by atoms with Gasteiger partial charge in [0.2, 0.25) is 5.91 Å². The van der Waals surface area contributed by atoms with Crippen LogP contribution in [0.5, 0.6) is 0 Å². The van der Waals surface area contributed by atoms with E-state index in [-0.39, 0.29) is 29.8 Å². The van der Waals surface area contributed by atoms with Crippen molar-refractivity contribution < 1.29 is 22.8 Å². The standard InChI is InChI=1S/C21H22N2O5S/c1-14-7-3-4-8-15(14)13-22-19(24)18(11-12-29(2,27)28)23-20(25)16-9-5-6-10-17(16)21(23)26/h3-10,18H,11-13H2,1-2H3,(H,22,24)/t18-/m1/s1. The summed E-state index contributed by atoms with van der Waals surface area (Å²) >= 11 is 0. The van der Waals surface area contributed by atoms with Crippen molar-refractivity contribution >= 4 is 27.6 Å². The van der Waals surface area contributed by atoms with Crippen LogP contribution in [0.2, 0.25) is 0 Å². The number of benzene rings is 2. The first-order chi connectivity index (χ1) is 13.7. The van der Waals surface area contributed by atoms with E-state index in [1.165, 1.54) is 12.1 Å². The first-order valence-electron chi connectivity index (χ1n) is 9.16. The molecular formula is C21H22N2O5S. The van der Waals surface area contributed by atoms with E-state index in [4.69, 9.17) is 0 Å². The van der Waals surface area contributed by atoms with Gasteiger partial charge >= 0.3 is 0 Å². The highest BCUT2D eigenvalue weighted by Crippen LogP contribution is 2.26. The van der Waals surface area contributed by atoms with Crippen LogP contribution in [0, 0.1) is 6.92 Å². The maximum Gasteiger partial charge on any atom is 0.262 e. The Morgan fingerprint density at radius 3 is 2.10 bits per heavy atom. The zero-order valence-corrected chi connectivity index (χ0v) is 17.0. The highest BCUT2D eigenvalue weighted by molar-refractivity contribution is 7.90. The number of carbonyl (C=O) groups is 3. The molecule has 0 unspecified atom stereocenters. The van der Waals surface area contributed by atoms with Crippen LogP contribution in [0.1, 0.15) is 38.3 Å². The Labute approximate surface area is 169 Å². The lowest BCUT2D eigenvalue weighted by molar-refractivity contribution is -0.125. The second-order valence-electron chi connectivity index (χ2n) is 7.10. The number of rotatable bonds is 7. The Morgan fingerprint density at radius 1 is 1.00 bits per heavy atom. The summed E-state index contributed by atoms with van der Waals surface area (Å²) in [6.45, 7) is 2.12. The second kappa shape index (κ2) is 8.16. The topological polar surface area (TPSA) is 101 Å². The van der Waals surface area contributed by atoms with Gasteiger partial charge in [-0.15, -0.1) is 0 Å². The van der Waals surface area contributed by atoms with Crippen LogP contribution in [-0.2, 0) is 21.2 Å². The van der Waals surface area contributed by atoms with E-state index < -0.39 is 33.6 Å². The number of aryl methyl sites for hydroxylation is 1. The zero-order chi connectivity index (χ0) is 21.2. The molecule has 7 nitrogen and oxygen atoms in total. The fourth-order valence-electron chi connectivity index (χ4n) is 3.30. The molecule has 0 saturated heterocycles. The maximum absolute atomic E-state index is 12.9. The highest BCUT2D eigenvalue weighted by atomic mass is 32.2. The summed E-state index contributed by atoms with van der Waals surface area (Å²) in [6, 6.07) is 12.6. The number of imide groups is 1. The van der Waals surface area contributed by atoms with Crippen molar-refractivity contribution in [2.24, 2.45) is 0 Å². The molecular weight excluding hydrogens is 392 g/mol. The van der Waals surface area contributed by atoms with Gasteiger partial charge in [0.25, 0.3) is 11.8 Å². The van der Waals surface area contributed by atoms with Crippen LogP contribution in [0.25, 0.3) is 0 Å². The highest BCUT2D eigenvalue weighted by Gasteiger charge is 2.42. The van der Waals surface area contributed by atoms with Crippen molar-refractivity contribution in [3.05, 3.63) is 70.8 Å². The summed E-state index contributed by atoms with van der Waals surface area (Å²) in [4.78, 5) is 39.4. The Kier molecular flexibility index (Phi) is 5.83. The van der Waals surface area contributed by atoms with E-state index in [1.54, 1.807) is 12.1 Å². The molecule has 29 heavy (non-hydrogen) atoms. The third-order valence-electron chi connectivity index (χ3n) is 4.92. The maximum atomic E-state index is 12.9. The van der Waals surface area contributed by atoms with E-state index in [2.05, 4.69) is 5.32 Å². The quantitative estimate of drug-likeness (QED) is 0.695. The molecule has 152 valence electrons. The smallest absolute Gasteiger partial charge is 0.262 e. The summed E-state index contributed by atoms with van der Waals surface area (Å²) in [6.07, 6.45) is 0.890. The summed E-state index contributed by atoms with van der Waals surface area (Å²) in [7, 11) is -3.39. The molecule has 3 rings (SSSR count). The lowest BCUT2D eigenvalue weighted by atomic mass is 10.1. The molecule has 3 amide bonds. The molecule has 0 fully saturated rings. The molecule has 0 bridgehead atoms. The number of hydrogen-bond acceptors (Lipinski definition) is 5. The largest absolute Gasteiger partial charge is 0.350 e. The molecule has 1 aliphatic rings. The van der Waals surface area contributed by atoms with Crippen LogP contribution < -0.4 is 5.32 Å². The van der Waals surface area contributed by atoms with Crippen molar-refractivity contribution in [2.75, 3.05) is 12.0 Å². The molecule has 1 N–H and O–H groups in total. The molecule has 1 heterocycles. The number of sulfone groups is 1. The molecule has 0 aromatic heterocycles. The monoisotopic (exact) mass is 414 g/mol. The van der Waals surface area contributed by atoms with Gasteiger partial charge in [-0.3, -0.25) is 19.3 Å². The van der Waals surface area contributed by atoms with Gasteiger partial charge in [-0.05, 0) is 36.6 Å². The Morgan fingerprint density at radius 2 is 1.55 bits per heavy atom. The fourth-order valence-corrected chi connectivity index (χ4v) is 3.95. The van der Waals surface area contributed by atoms with Gasteiger partial charge in [-0.2, -0.15) is 0 Å². The molecule has 0 saturated carbocycles. The number of hydrogen-bond donors (Lipinski definition) is 1. The second-order valence-corrected chi connectivity index (χ2v) is 9.36. The zero-order valence-electron chi connectivity index (χ0n) is 16.2. The van der Waals surface area contributed by atoms with Crippen LogP contribution in [0.4, 0.5) is 0 Å². The minimum atomic E-state index is -3.39. The number of carbonyl (C=O) groups excluding carboxylic acids is 3. The first kappa shape index (κ1) is 20.7. The van der Waals surface area contributed by atoms with Crippen LogP contribution in [-0.4, -0.2) is 49.1 Å². The van der Waals surface area contributed by atoms with E-state index in [9.17, 15) is 22.8 Å². The molecule has 1 atom stereocenters. The normalized spacial score (nSPS) is 14.6. The number of fused-ring (bicyclic) bond motifs is 1. The third-order valence-corrected chi connectivity index (χ3v) is 5.89. The summed E-state index contributed by atoms with van der Waals surface area (Å²) in [5, 5.41) is 2.74. The third kappa shape index (κ3) is 4.54. The van der Waals surface area contributed by atoms with Crippen molar-refractivity contribution in [2.45, 2.75) is 25.9 Å². The Bertz CT molecular complexity index is 1040. The van der Waals surface area contributed by atoms with E-state index in [1.807, 2.05) is 31.2 Å². The van der Waals surface area contributed by atoms with Gasteiger partial charge in [-0.25, -0.2) is 8.42 Å². The van der Waals surface area contributed by atoms with Gasteiger partial charge in [0.15, 0.2) is 0 Å². The summed E-state index contributed by atoms with van der Waals surface area (Å²) < 4.78 is 23.3. The predicted molar refractivity (Wildman–Crippen MR) is 108 cm³/mol. The van der Waals surface area contributed by atoms with Crippen molar-refractivity contribution in [1.82, 2.24) is 10.2 Å². The minimum Gasteiger partial charge on any atom is -0.350 e. The van der Waals surface area contributed by atoms with Gasteiger partial charge in [0.05, 0.1) is 16.9 Å². The van der Waals surface area contributed by atoms with E-state index in [0.717, 1.165) is 22.3 Å². The average molecular weight is 414 g/mol. The van der Waals surface area contributed by atoms with Crippen LogP contribution >= 0.6 is 0 Å². The molecule has 2 aromatic rings. The van der Waals surface area contributed by atoms with Gasteiger partial charge in [0.1, 0.15) is 15.9 Å². The summed E-state index contributed by atoms with van der Waals surface area (Å²) in [5.74, 6) is -2.06. The van der Waals surface area contributed by atoms with Gasteiger partial charge in [-0.1, -0.05) is 36.4 Å². The minimum absolute atomic E-state index is 0.163. The molecule has 0 radical (unpaired) electrons. The molecule has 2 aromatic carbocycles. The lowest BCUT2D eigenvalue weighted by Crippen LogP contribution is -2.50. The first-order valence-corrected chi connectivity index (χ1v) is 11.2. The average Bonchev–Trinajstić information content (AvgIpc) is 2.92. The SMILES string of the molecule is Cc1ccccc1CNC(=O)[C@@H](CCS(C)(=O)=O)N1C(=O)c2ccccc2C1=O. The Balaban J connectivity index is 1.85. The van der Waals surface area contributed by atoms with Crippen molar-refractivity contribution in [1.29, 1.82) is 0 Å². The van der Waals surface area contributed by atoms with Gasteiger partial charge < -0.3 is 5.32 Å². The molecule has 1 aliphatic heterocycles. The molecule has 8 heteroatoms. The van der Waals surface area contributed by atoms with Crippen LogP contribution in [0.15, 0.2) is 48.5 Å². The lowest BCUT2D eigenvalue weighted by Gasteiger charge is -2.25. The van der Waals surface area contributed by atoms with Crippen molar-refractivity contribution in [3.8, 4) is 0 Å². The number of nitrogens with one attached hydrogen (secondary N) is 1. The van der Waals surface area contributed by atoms with Crippen molar-refractivity contribution in [3.63, 3.8) is 0 Å². The van der Waals surface area contributed by atoms with E-state index >= 15 is 0 Å². The summed E-state index contributed by atoms with van der Waals surface area (Å²) in [5.41, 5.74) is 2.31. The molecule has 0 spiro atoms. The van der Waals surface area contributed by atoms with Crippen LogP contribution in [0.3, 0.4) is 0 Å².